The van der Waals surface area contributed by atoms with Crippen molar-refractivity contribution in [2.75, 3.05) is 18.5 Å². The summed E-state index contributed by atoms with van der Waals surface area (Å²) in [5.74, 6) is 0.597. The van der Waals surface area contributed by atoms with E-state index in [1.54, 1.807) is 12.1 Å². The molecule has 0 amide bonds. The Labute approximate surface area is 125 Å². The number of halogens is 1. The van der Waals surface area contributed by atoms with Crippen LogP contribution in [0.3, 0.4) is 0 Å². The van der Waals surface area contributed by atoms with Crippen molar-refractivity contribution in [1.82, 2.24) is 0 Å². The maximum atomic E-state index is 14.2. The second-order valence-corrected chi connectivity index (χ2v) is 6.24. The van der Waals surface area contributed by atoms with Gasteiger partial charge < -0.3 is 15.8 Å². The van der Waals surface area contributed by atoms with Gasteiger partial charge in [0.05, 0.1) is 6.61 Å². The Hall–Kier alpha value is -1.62. The first kappa shape index (κ1) is 15.8. The van der Waals surface area contributed by atoms with Crippen molar-refractivity contribution < 1.29 is 9.13 Å². The fourth-order valence-corrected chi connectivity index (χ4v) is 2.33. The number of ether oxygens (including phenoxy) is 1. The van der Waals surface area contributed by atoms with Crippen LogP contribution in [0.25, 0.3) is 0 Å². The second-order valence-electron chi connectivity index (χ2n) is 6.24. The van der Waals surface area contributed by atoms with Crippen molar-refractivity contribution in [3.8, 4) is 0 Å². The number of nitrogens with one attached hydrogen (secondary N) is 1. The van der Waals surface area contributed by atoms with Crippen LogP contribution in [0.4, 0.5) is 10.1 Å². The molecule has 0 radical (unpaired) electrons. The van der Waals surface area contributed by atoms with E-state index >= 15 is 0 Å². The summed E-state index contributed by atoms with van der Waals surface area (Å²) in [5.41, 5.74) is 6.36. The molecule has 0 fully saturated rings. The highest BCUT2D eigenvalue weighted by Gasteiger charge is 2.32. The number of nitrogens with two attached hydrogens (primary N) is 1. The third kappa shape index (κ3) is 3.53. The van der Waals surface area contributed by atoms with Gasteiger partial charge in [0, 0.05) is 17.3 Å². The summed E-state index contributed by atoms with van der Waals surface area (Å²) >= 11 is 0. The van der Waals surface area contributed by atoms with Crippen molar-refractivity contribution in [2.45, 2.75) is 39.3 Å². The number of hydrogen-bond acceptors (Lipinski definition) is 4. The Kier molecular flexibility index (Phi) is 4.52. The monoisotopic (exact) mass is 293 g/mol. The van der Waals surface area contributed by atoms with Gasteiger partial charge in [0.2, 0.25) is 0 Å². The average Bonchev–Trinajstić information content (AvgIpc) is 2.40. The molecule has 2 rings (SSSR count). The Morgan fingerprint density at radius 1 is 1.38 bits per heavy atom. The lowest BCUT2D eigenvalue weighted by molar-refractivity contribution is 0.104. The molecule has 4 nitrogen and oxygen atoms in total. The van der Waals surface area contributed by atoms with Crippen molar-refractivity contribution in [2.24, 2.45) is 16.6 Å². The van der Waals surface area contributed by atoms with Crippen LogP contribution in [0.15, 0.2) is 23.2 Å². The number of hydrogen-bond donors (Lipinski definition) is 2. The van der Waals surface area contributed by atoms with Gasteiger partial charge in [-0.1, -0.05) is 13.8 Å². The van der Waals surface area contributed by atoms with Gasteiger partial charge in [0.1, 0.15) is 23.8 Å². The van der Waals surface area contributed by atoms with Crippen LogP contribution in [-0.4, -0.2) is 25.1 Å². The number of nitrogens with zero attached hydrogens (tertiary/aromatic N) is 1. The summed E-state index contributed by atoms with van der Waals surface area (Å²) in [5, 5.41) is 3.39. The summed E-state index contributed by atoms with van der Waals surface area (Å²) in [6, 6.07) is 5.32. The summed E-state index contributed by atoms with van der Waals surface area (Å²) in [7, 11) is 0. The molecule has 0 spiro atoms. The van der Waals surface area contributed by atoms with Gasteiger partial charge in [-0.25, -0.2) is 4.39 Å². The van der Waals surface area contributed by atoms with Crippen molar-refractivity contribution in [1.29, 1.82) is 0 Å². The van der Waals surface area contributed by atoms with Crippen LogP contribution in [-0.2, 0) is 10.3 Å². The fourth-order valence-electron chi connectivity index (χ4n) is 2.33. The molecular formula is C16H24FN3O. The van der Waals surface area contributed by atoms with E-state index in [-0.39, 0.29) is 5.82 Å². The van der Waals surface area contributed by atoms with Crippen LogP contribution in [0.5, 0.6) is 0 Å². The molecule has 1 aliphatic rings. The molecule has 0 saturated carbocycles. The van der Waals surface area contributed by atoms with Crippen molar-refractivity contribution >= 4 is 11.5 Å². The normalized spacial score (nSPS) is 23.8. The lowest BCUT2D eigenvalue weighted by Crippen LogP contribution is -2.38. The van der Waals surface area contributed by atoms with Gasteiger partial charge in [-0.2, -0.15) is 0 Å². The van der Waals surface area contributed by atoms with E-state index in [0.29, 0.717) is 36.6 Å². The summed E-state index contributed by atoms with van der Waals surface area (Å²) < 4.78 is 19.7. The Bertz CT molecular complexity index is 544. The van der Waals surface area contributed by atoms with E-state index in [0.717, 1.165) is 5.69 Å². The molecule has 3 N–H and O–H groups in total. The van der Waals surface area contributed by atoms with Crippen LogP contribution < -0.4 is 11.1 Å². The van der Waals surface area contributed by atoms with E-state index in [1.165, 1.54) is 6.07 Å². The zero-order valence-corrected chi connectivity index (χ0v) is 13.1. The molecule has 2 atom stereocenters. The van der Waals surface area contributed by atoms with Gasteiger partial charge in [0.25, 0.3) is 0 Å². The van der Waals surface area contributed by atoms with Crippen LogP contribution in [0.2, 0.25) is 0 Å². The molecule has 116 valence electrons. The molecule has 1 aliphatic heterocycles. The van der Waals surface area contributed by atoms with Crippen LogP contribution >= 0.6 is 0 Å². The predicted molar refractivity (Wildman–Crippen MR) is 84.1 cm³/mol. The Balaban J connectivity index is 2.33. The number of rotatable bonds is 4. The van der Waals surface area contributed by atoms with Crippen LogP contribution in [0.1, 0.15) is 33.3 Å². The Morgan fingerprint density at radius 2 is 2.10 bits per heavy atom. The fraction of sp³-hybridized carbons (Fsp3) is 0.562. The minimum atomic E-state index is -0.773. The lowest BCUT2D eigenvalue weighted by Gasteiger charge is -2.31. The van der Waals surface area contributed by atoms with E-state index in [1.807, 2.05) is 6.92 Å². The average molecular weight is 293 g/mol. The lowest BCUT2D eigenvalue weighted by atomic mass is 9.91. The third-order valence-electron chi connectivity index (χ3n) is 3.96. The number of benzene rings is 1. The van der Waals surface area contributed by atoms with Gasteiger partial charge in [-0.05, 0) is 38.0 Å². The number of amidine groups is 1. The summed E-state index contributed by atoms with van der Waals surface area (Å²) in [6.45, 7) is 8.86. The first-order valence-electron chi connectivity index (χ1n) is 7.30. The molecule has 0 saturated heterocycles. The maximum absolute atomic E-state index is 14.2. The quantitative estimate of drug-likeness (QED) is 0.897. The summed E-state index contributed by atoms with van der Waals surface area (Å²) in [4.78, 5) is 4.40. The molecule has 21 heavy (non-hydrogen) atoms. The predicted octanol–water partition coefficient (Wildman–Crippen LogP) is 2.88. The minimum Gasteiger partial charge on any atom is -0.386 e. The second kappa shape index (κ2) is 6.02. The largest absolute Gasteiger partial charge is 0.386 e. The van der Waals surface area contributed by atoms with E-state index in [9.17, 15) is 4.39 Å². The first-order valence-corrected chi connectivity index (χ1v) is 7.30. The molecule has 0 bridgehead atoms. The highest BCUT2D eigenvalue weighted by Crippen LogP contribution is 2.32. The third-order valence-corrected chi connectivity index (χ3v) is 3.96. The van der Waals surface area contributed by atoms with Gasteiger partial charge >= 0.3 is 0 Å². The molecule has 0 aliphatic carbocycles. The highest BCUT2D eigenvalue weighted by atomic mass is 19.1. The van der Waals surface area contributed by atoms with Crippen molar-refractivity contribution in [3.63, 3.8) is 0 Å². The number of aliphatic imine (C=N–C) groups is 1. The molecule has 1 aromatic carbocycles. The molecule has 1 heterocycles. The number of anilines is 1. The SMILES string of the molecule is CC(C)C(C)Nc1ccc(F)c([C@]2(C)COCC(N)=N2)c1. The highest BCUT2D eigenvalue weighted by molar-refractivity contribution is 5.82. The molecule has 0 aromatic heterocycles. The van der Waals surface area contributed by atoms with Crippen LogP contribution in [0, 0.1) is 11.7 Å². The molecule has 1 unspecified atom stereocenters. The van der Waals surface area contributed by atoms with Gasteiger partial charge in [-0.15, -0.1) is 0 Å². The smallest absolute Gasteiger partial charge is 0.129 e. The Morgan fingerprint density at radius 3 is 2.71 bits per heavy atom. The van der Waals surface area contributed by atoms with E-state index in [4.69, 9.17) is 10.5 Å². The molecule has 1 aromatic rings. The molecule has 5 heteroatoms. The zero-order valence-electron chi connectivity index (χ0n) is 13.1. The van der Waals surface area contributed by atoms with Crippen molar-refractivity contribution in [3.05, 3.63) is 29.6 Å². The summed E-state index contributed by atoms with van der Waals surface area (Å²) in [6.07, 6.45) is 0. The van der Waals surface area contributed by atoms with Gasteiger partial charge in [-0.3, -0.25) is 4.99 Å². The maximum Gasteiger partial charge on any atom is 0.129 e. The van der Waals surface area contributed by atoms with Gasteiger partial charge in [0.15, 0.2) is 0 Å². The van der Waals surface area contributed by atoms with E-state index in [2.05, 4.69) is 31.1 Å². The minimum absolute atomic E-state index is 0.290. The first-order chi connectivity index (χ1) is 9.82. The standard InChI is InChI=1S/C16H24FN3O/c1-10(2)11(3)19-12-5-6-14(17)13(7-12)16(4)9-21-8-15(18)20-16/h5-7,10-11,19H,8-9H2,1-4H3,(H2,18,20)/t11?,16-/m0/s1. The molecular weight excluding hydrogens is 269 g/mol. The van der Waals surface area contributed by atoms with E-state index < -0.39 is 5.54 Å². The zero-order chi connectivity index (χ0) is 15.6. The topological polar surface area (TPSA) is 59.6 Å².